The van der Waals surface area contributed by atoms with E-state index in [1.165, 1.54) is 6.20 Å². The van der Waals surface area contributed by atoms with Crippen LogP contribution in [0.15, 0.2) is 30.5 Å². The van der Waals surface area contributed by atoms with Crippen LogP contribution in [-0.4, -0.2) is 15.9 Å². The van der Waals surface area contributed by atoms with Crippen molar-refractivity contribution in [1.82, 2.24) is 9.97 Å². The highest BCUT2D eigenvalue weighted by atomic mass is 35.5. The quantitative estimate of drug-likeness (QED) is 0.909. The zero-order valence-electron chi connectivity index (χ0n) is 8.52. The highest BCUT2D eigenvalue weighted by Crippen LogP contribution is 2.28. The minimum Gasteiger partial charge on any atom is -0.363 e. The van der Waals surface area contributed by atoms with Gasteiger partial charge in [0.15, 0.2) is 0 Å². The molecule has 1 aromatic carbocycles. The van der Waals surface area contributed by atoms with Gasteiger partial charge in [-0.05, 0) is 24.3 Å². The van der Waals surface area contributed by atoms with Gasteiger partial charge in [0.2, 0.25) is 5.82 Å². The molecule has 0 radical (unpaired) electrons. The van der Waals surface area contributed by atoms with Gasteiger partial charge in [-0.25, -0.2) is 9.97 Å². The molecule has 0 aliphatic heterocycles. The van der Waals surface area contributed by atoms with Crippen molar-refractivity contribution in [2.75, 3.05) is 0 Å². The minimum absolute atomic E-state index is 0.0477. The van der Waals surface area contributed by atoms with Crippen molar-refractivity contribution in [2.24, 2.45) is 5.73 Å². The summed E-state index contributed by atoms with van der Waals surface area (Å²) < 4.78 is 0. The number of hydrogen-bond acceptors (Lipinski definition) is 3. The van der Waals surface area contributed by atoms with Crippen LogP contribution in [0.5, 0.6) is 0 Å². The Morgan fingerprint density at radius 3 is 2.65 bits per heavy atom. The fourth-order valence-corrected chi connectivity index (χ4v) is 1.83. The molecule has 1 aromatic heterocycles. The summed E-state index contributed by atoms with van der Waals surface area (Å²) in [6.07, 6.45) is 1.45. The standard InChI is InChI=1S/C11H7Cl2N3O/c12-6-1-2-7(8(13)5-6)9-3-4-15-11(16-9)10(14)17/h1-5H,(H2,14,17). The van der Waals surface area contributed by atoms with Gasteiger partial charge in [0.25, 0.3) is 5.91 Å². The van der Waals surface area contributed by atoms with Crippen molar-refractivity contribution < 1.29 is 4.79 Å². The first-order valence-electron chi connectivity index (χ1n) is 4.66. The third kappa shape index (κ3) is 2.54. The molecule has 0 fully saturated rings. The molecule has 0 aliphatic rings. The van der Waals surface area contributed by atoms with Gasteiger partial charge in [-0.3, -0.25) is 4.79 Å². The maximum Gasteiger partial charge on any atom is 0.286 e. The van der Waals surface area contributed by atoms with E-state index in [2.05, 4.69) is 9.97 Å². The largest absolute Gasteiger partial charge is 0.363 e. The Morgan fingerprint density at radius 1 is 1.24 bits per heavy atom. The van der Waals surface area contributed by atoms with E-state index in [9.17, 15) is 4.79 Å². The lowest BCUT2D eigenvalue weighted by Crippen LogP contribution is -2.15. The molecule has 0 aliphatic carbocycles. The van der Waals surface area contributed by atoms with E-state index in [1.54, 1.807) is 24.3 Å². The lowest BCUT2D eigenvalue weighted by molar-refractivity contribution is 0.0990. The summed E-state index contributed by atoms with van der Waals surface area (Å²) >= 11 is 11.8. The molecule has 6 heteroatoms. The molecule has 0 saturated heterocycles. The summed E-state index contributed by atoms with van der Waals surface area (Å²) in [6, 6.07) is 6.65. The van der Waals surface area contributed by atoms with E-state index in [4.69, 9.17) is 28.9 Å². The van der Waals surface area contributed by atoms with Gasteiger partial charge in [-0.15, -0.1) is 0 Å². The van der Waals surface area contributed by atoms with Crippen LogP contribution in [0.4, 0.5) is 0 Å². The number of hydrogen-bond donors (Lipinski definition) is 1. The Bertz CT molecular complexity index is 587. The second kappa shape index (κ2) is 4.69. The first kappa shape index (κ1) is 11.8. The summed E-state index contributed by atoms with van der Waals surface area (Å²) in [6.45, 7) is 0. The molecule has 4 nitrogen and oxygen atoms in total. The van der Waals surface area contributed by atoms with Gasteiger partial charge in [-0.2, -0.15) is 0 Å². The molecule has 0 bridgehead atoms. The number of benzene rings is 1. The van der Waals surface area contributed by atoms with Crippen LogP contribution < -0.4 is 5.73 Å². The van der Waals surface area contributed by atoms with E-state index < -0.39 is 5.91 Å². The molecule has 1 heterocycles. The number of nitrogens with two attached hydrogens (primary N) is 1. The Kier molecular flexibility index (Phi) is 3.26. The number of rotatable bonds is 2. The van der Waals surface area contributed by atoms with Crippen LogP contribution in [0.3, 0.4) is 0 Å². The molecule has 2 N–H and O–H groups in total. The van der Waals surface area contributed by atoms with Crippen LogP contribution in [-0.2, 0) is 0 Å². The number of amides is 1. The molecular weight excluding hydrogens is 261 g/mol. The molecule has 17 heavy (non-hydrogen) atoms. The molecular formula is C11H7Cl2N3O. The van der Waals surface area contributed by atoms with Gasteiger partial charge < -0.3 is 5.73 Å². The Hall–Kier alpha value is -1.65. The van der Waals surface area contributed by atoms with Crippen molar-refractivity contribution in [1.29, 1.82) is 0 Å². The van der Waals surface area contributed by atoms with Gasteiger partial charge in [0, 0.05) is 16.8 Å². The van der Waals surface area contributed by atoms with E-state index >= 15 is 0 Å². The molecule has 2 rings (SSSR count). The SMILES string of the molecule is NC(=O)c1nccc(-c2ccc(Cl)cc2Cl)n1. The number of carbonyl (C=O) groups is 1. The smallest absolute Gasteiger partial charge is 0.286 e. The van der Waals surface area contributed by atoms with Crippen LogP contribution in [0, 0.1) is 0 Å². The van der Waals surface area contributed by atoms with Crippen molar-refractivity contribution in [3.63, 3.8) is 0 Å². The number of aromatic nitrogens is 2. The monoisotopic (exact) mass is 267 g/mol. The van der Waals surface area contributed by atoms with Crippen LogP contribution in [0.1, 0.15) is 10.6 Å². The maximum atomic E-state index is 11.0. The van der Waals surface area contributed by atoms with Gasteiger partial charge in [0.05, 0.1) is 10.7 Å². The van der Waals surface area contributed by atoms with Crippen LogP contribution in [0.2, 0.25) is 10.0 Å². The van der Waals surface area contributed by atoms with E-state index in [0.29, 0.717) is 21.3 Å². The molecule has 2 aromatic rings. The van der Waals surface area contributed by atoms with E-state index in [-0.39, 0.29) is 5.82 Å². The minimum atomic E-state index is -0.683. The third-order valence-corrected chi connectivity index (χ3v) is 2.63. The summed E-state index contributed by atoms with van der Waals surface area (Å²) in [7, 11) is 0. The summed E-state index contributed by atoms with van der Waals surface area (Å²) in [5, 5.41) is 0.981. The fourth-order valence-electron chi connectivity index (χ4n) is 1.32. The van der Waals surface area contributed by atoms with E-state index in [0.717, 1.165) is 0 Å². The third-order valence-electron chi connectivity index (χ3n) is 2.08. The molecule has 1 amide bonds. The topological polar surface area (TPSA) is 68.9 Å². The highest BCUT2D eigenvalue weighted by molar-refractivity contribution is 6.36. The van der Waals surface area contributed by atoms with Crippen molar-refractivity contribution in [2.45, 2.75) is 0 Å². The molecule has 0 unspecified atom stereocenters. The van der Waals surface area contributed by atoms with E-state index in [1.807, 2.05) is 0 Å². The number of halogens is 2. The predicted molar refractivity (Wildman–Crippen MR) is 66.0 cm³/mol. The fraction of sp³-hybridized carbons (Fsp3) is 0. The zero-order chi connectivity index (χ0) is 12.4. The van der Waals surface area contributed by atoms with Crippen molar-refractivity contribution >= 4 is 29.1 Å². The molecule has 86 valence electrons. The molecule has 0 saturated carbocycles. The number of primary amides is 1. The average molecular weight is 268 g/mol. The number of nitrogens with zero attached hydrogens (tertiary/aromatic N) is 2. The van der Waals surface area contributed by atoms with Crippen molar-refractivity contribution in [3.05, 3.63) is 46.3 Å². The van der Waals surface area contributed by atoms with Gasteiger partial charge >= 0.3 is 0 Å². The highest BCUT2D eigenvalue weighted by Gasteiger charge is 2.09. The Balaban J connectivity index is 2.53. The summed E-state index contributed by atoms with van der Waals surface area (Å²) in [5.74, 6) is -0.731. The lowest BCUT2D eigenvalue weighted by atomic mass is 10.1. The summed E-state index contributed by atoms with van der Waals surface area (Å²) in [4.78, 5) is 18.7. The first-order valence-corrected chi connectivity index (χ1v) is 5.42. The molecule has 0 atom stereocenters. The maximum absolute atomic E-state index is 11.0. The first-order chi connectivity index (χ1) is 8.08. The zero-order valence-corrected chi connectivity index (χ0v) is 10.0. The molecule has 0 spiro atoms. The number of carbonyl (C=O) groups excluding carboxylic acids is 1. The van der Waals surface area contributed by atoms with Crippen molar-refractivity contribution in [3.8, 4) is 11.3 Å². The lowest BCUT2D eigenvalue weighted by Gasteiger charge is -2.04. The van der Waals surface area contributed by atoms with Crippen LogP contribution >= 0.6 is 23.2 Å². The Labute approximate surface area is 107 Å². The average Bonchev–Trinajstić information content (AvgIpc) is 2.29. The predicted octanol–water partition coefficient (Wildman–Crippen LogP) is 2.55. The normalized spacial score (nSPS) is 10.2. The second-order valence-electron chi connectivity index (χ2n) is 3.25. The van der Waals surface area contributed by atoms with Gasteiger partial charge in [0.1, 0.15) is 0 Å². The summed E-state index contributed by atoms with van der Waals surface area (Å²) in [5.41, 5.74) is 6.30. The Morgan fingerprint density at radius 2 is 2.00 bits per heavy atom. The van der Waals surface area contributed by atoms with Gasteiger partial charge in [-0.1, -0.05) is 23.2 Å². The van der Waals surface area contributed by atoms with Crippen LogP contribution in [0.25, 0.3) is 11.3 Å². The second-order valence-corrected chi connectivity index (χ2v) is 4.10.